The van der Waals surface area contributed by atoms with Crippen LogP contribution in [0.5, 0.6) is 5.75 Å². The fraction of sp³-hybridized carbons (Fsp3) is 0.450. The number of nitrogens with zero attached hydrogens (tertiary/aromatic N) is 3. The highest BCUT2D eigenvalue weighted by Gasteiger charge is 2.34. The van der Waals surface area contributed by atoms with Crippen LogP contribution in [0.4, 0.5) is 25.1 Å². The average Bonchev–Trinajstić information content (AvgIpc) is 3.57. The maximum atomic E-state index is 13.3. The van der Waals surface area contributed by atoms with Crippen molar-refractivity contribution in [1.29, 1.82) is 0 Å². The number of aromatic nitrogens is 2. The van der Waals surface area contributed by atoms with Crippen LogP contribution in [0.2, 0.25) is 15.2 Å². The summed E-state index contributed by atoms with van der Waals surface area (Å²) in [6, 6.07) is 1.81. The maximum Gasteiger partial charge on any atom is 0.420 e. The molecule has 1 N–H and O–H groups in total. The monoisotopic (exact) mass is 525 g/mol. The van der Waals surface area contributed by atoms with Crippen molar-refractivity contribution in [1.82, 2.24) is 9.55 Å². The standard InChI is InChI=1S/C20H20Cl3F2N3O5/c1-10(11-3-4-11)27-9-15(23)26-17(18(27)30)28(20(31)32-6-2-5-29)16-13(21)7-12(8-14(16)22)33-19(24)25/h7-11,19,29H,2-6H2,1H3/t10-/m0/s1. The van der Waals surface area contributed by atoms with Crippen molar-refractivity contribution in [3.63, 3.8) is 0 Å². The Morgan fingerprint density at radius 2 is 1.94 bits per heavy atom. The van der Waals surface area contributed by atoms with Crippen molar-refractivity contribution in [2.24, 2.45) is 5.92 Å². The van der Waals surface area contributed by atoms with Gasteiger partial charge in [-0.2, -0.15) is 8.78 Å². The molecule has 13 heteroatoms. The SMILES string of the molecule is C[C@@H](C1CC1)n1cc(Cl)nc(N(C(=O)OCCCO)c2c(Cl)cc(OC(F)F)cc2Cl)c1=O. The molecule has 1 aliphatic carbocycles. The quantitative estimate of drug-likeness (QED) is 0.438. The Balaban J connectivity index is 2.14. The van der Waals surface area contributed by atoms with Gasteiger partial charge in [-0.3, -0.25) is 4.79 Å². The Labute approximate surface area is 202 Å². The van der Waals surface area contributed by atoms with Crippen LogP contribution in [-0.2, 0) is 4.74 Å². The molecule has 1 saturated carbocycles. The molecule has 0 saturated heterocycles. The van der Waals surface area contributed by atoms with Crippen LogP contribution in [0.25, 0.3) is 0 Å². The van der Waals surface area contributed by atoms with Crippen molar-refractivity contribution in [3.05, 3.63) is 43.9 Å². The minimum Gasteiger partial charge on any atom is -0.449 e. The lowest BCUT2D eigenvalue weighted by atomic mass is 10.2. The zero-order valence-corrected chi connectivity index (χ0v) is 19.6. The van der Waals surface area contributed by atoms with Gasteiger partial charge in [-0.15, -0.1) is 0 Å². The molecule has 1 amide bonds. The number of halogens is 5. The number of aliphatic hydroxyl groups excluding tert-OH is 1. The molecule has 1 atom stereocenters. The number of anilines is 2. The van der Waals surface area contributed by atoms with Gasteiger partial charge in [0, 0.05) is 37.4 Å². The van der Waals surface area contributed by atoms with Gasteiger partial charge in [0.1, 0.15) is 10.9 Å². The first kappa shape index (κ1) is 25.5. The summed E-state index contributed by atoms with van der Waals surface area (Å²) in [4.78, 5) is 31.1. The molecule has 2 aromatic rings. The molecule has 0 radical (unpaired) electrons. The highest BCUT2D eigenvalue weighted by molar-refractivity contribution is 6.40. The van der Waals surface area contributed by atoms with E-state index in [9.17, 15) is 18.4 Å². The summed E-state index contributed by atoms with van der Waals surface area (Å²) < 4.78 is 36.1. The third-order valence-electron chi connectivity index (χ3n) is 4.99. The summed E-state index contributed by atoms with van der Waals surface area (Å²) in [6.45, 7) is -1.70. The van der Waals surface area contributed by atoms with Crippen molar-refractivity contribution < 1.29 is 28.2 Å². The molecule has 1 aliphatic rings. The van der Waals surface area contributed by atoms with Gasteiger partial charge in [0.2, 0.25) is 5.82 Å². The number of alkyl halides is 2. The first-order valence-corrected chi connectivity index (χ1v) is 11.1. The highest BCUT2D eigenvalue weighted by atomic mass is 35.5. The minimum absolute atomic E-state index is 0.0739. The van der Waals surface area contributed by atoms with Crippen LogP contribution in [0.3, 0.4) is 0 Å². The third-order valence-corrected chi connectivity index (χ3v) is 5.75. The summed E-state index contributed by atoms with van der Waals surface area (Å²) in [5.41, 5.74) is -0.885. The molecule has 1 aromatic carbocycles. The minimum atomic E-state index is -3.13. The number of hydrogen-bond acceptors (Lipinski definition) is 6. The smallest absolute Gasteiger partial charge is 0.420 e. The lowest BCUT2D eigenvalue weighted by Crippen LogP contribution is -2.36. The zero-order valence-electron chi connectivity index (χ0n) is 17.3. The van der Waals surface area contributed by atoms with E-state index in [1.54, 1.807) is 0 Å². The second-order valence-corrected chi connectivity index (χ2v) is 8.52. The molecule has 33 heavy (non-hydrogen) atoms. The molecule has 1 aromatic heterocycles. The second kappa shape index (κ2) is 10.9. The largest absolute Gasteiger partial charge is 0.449 e. The van der Waals surface area contributed by atoms with Crippen molar-refractivity contribution in [2.45, 2.75) is 38.8 Å². The number of amides is 1. The van der Waals surface area contributed by atoms with Crippen molar-refractivity contribution >= 4 is 52.4 Å². The lowest BCUT2D eigenvalue weighted by molar-refractivity contribution is -0.0498. The molecule has 180 valence electrons. The van der Waals surface area contributed by atoms with Gasteiger partial charge in [0.15, 0.2) is 0 Å². The molecular weight excluding hydrogens is 507 g/mol. The van der Waals surface area contributed by atoms with Gasteiger partial charge in [-0.05, 0) is 25.7 Å². The second-order valence-electron chi connectivity index (χ2n) is 7.32. The van der Waals surface area contributed by atoms with Gasteiger partial charge in [-0.25, -0.2) is 14.7 Å². The topological polar surface area (TPSA) is 93.9 Å². The summed E-state index contributed by atoms with van der Waals surface area (Å²) in [6.07, 6.45) is 2.31. The molecular formula is C20H20Cl3F2N3O5. The molecule has 0 unspecified atom stereocenters. The number of rotatable bonds is 9. The van der Waals surface area contributed by atoms with Crippen LogP contribution in [0.15, 0.2) is 23.1 Å². The van der Waals surface area contributed by atoms with E-state index in [-0.39, 0.29) is 58.2 Å². The molecule has 8 nitrogen and oxygen atoms in total. The normalized spacial score (nSPS) is 14.3. The number of aliphatic hydroxyl groups is 1. The molecule has 1 heterocycles. The first-order valence-electron chi connectivity index (χ1n) is 9.94. The molecule has 0 aliphatic heterocycles. The van der Waals surface area contributed by atoms with Gasteiger partial charge < -0.3 is 19.1 Å². The molecule has 0 bridgehead atoms. The Bertz CT molecular complexity index is 1060. The van der Waals surface area contributed by atoms with Crippen LogP contribution < -0.4 is 15.2 Å². The molecule has 0 spiro atoms. The molecule has 1 fully saturated rings. The Morgan fingerprint density at radius 3 is 2.48 bits per heavy atom. The predicted octanol–water partition coefficient (Wildman–Crippen LogP) is 5.43. The van der Waals surface area contributed by atoms with E-state index in [2.05, 4.69) is 9.72 Å². The summed E-state index contributed by atoms with van der Waals surface area (Å²) >= 11 is 18.7. The molecule has 3 rings (SSSR count). The Hall–Kier alpha value is -2.14. The number of hydrogen-bond donors (Lipinski definition) is 1. The van der Waals surface area contributed by atoms with E-state index >= 15 is 0 Å². The third kappa shape index (κ3) is 6.06. The summed E-state index contributed by atoms with van der Waals surface area (Å²) in [7, 11) is 0. The van der Waals surface area contributed by atoms with E-state index in [0.29, 0.717) is 0 Å². The number of ether oxygens (including phenoxy) is 2. The van der Waals surface area contributed by atoms with Gasteiger partial charge in [-0.1, -0.05) is 34.8 Å². The fourth-order valence-corrected chi connectivity index (χ4v) is 4.04. The zero-order chi connectivity index (χ0) is 24.3. The van der Waals surface area contributed by atoms with Gasteiger partial charge in [0.25, 0.3) is 5.56 Å². The van der Waals surface area contributed by atoms with Crippen molar-refractivity contribution in [3.8, 4) is 5.75 Å². The van der Waals surface area contributed by atoms with E-state index < -0.39 is 24.1 Å². The Morgan fingerprint density at radius 1 is 1.30 bits per heavy atom. The fourth-order valence-electron chi connectivity index (χ4n) is 3.22. The van der Waals surface area contributed by atoms with Crippen LogP contribution in [0, 0.1) is 5.92 Å². The first-order chi connectivity index (χ1) is 15.6. The number of benzene rings is 1. The number of carbonyl (C=O) groups excluding carboxylic acids is 1. The summed E-state index contributed by atoms with van der Waals surface area (Å²) in [5.74, 6) is -0.511. The maximum absolute atomic E-state index is 13.3. The van der Waals surface area contributed by atoms with Gasteiger partial charge in [0.05, 0.1) is 22.3 Å². The Kier molecular flexibility index (Phi) is 8.38. The highest BCUT2D eigenvalue weighted by Crippen LogP contribution is 2.42. The lowest BCUT2D eigenvalue weighted by Gasteiger charge is -2.25. The van der Waals surface area contributed by atoms with E-state index in [4.69, 9.17) is 44.6 Å². The van der Waals surface area contributed by atoms with Crippen LogP contribution >= 0.6 is 34.8 Å². The van der Waals surface area contributed by atoms with Gasteiger partial charge >= 0.3 is 12.7 Å². The van der Waals surface area contributed by atoms with Crippen LogP contribution in [0.1, 0.15) is 32.2 Å². The number of carbonyl (C=O) groups is 1. The van der Waals surface area contributed by atoms with E-state index in [0.717, 1.165) is 29.9 Å². The van der Waals surface area contributed by atoms with E-state index in [1.165, 1.54) is 10.8 Å². The van der Waals surface area contributed by atoms with Crippen LogP contribution in [-0.4, -0.2) is 40.6 Å². The average molecular weight is 527 g/mol. The summed E-state index contributed by atoms with van der Waals surface area (Å²) in [5, 5.41) is 8.34. The van der Waals surface area contributed by atoms with E-state index in [1.807, 2.05) is 6.92 Å². The van der Waals surface area contributed by atoms with Crippen molar-refractivity contribution in [2.75, 3.05) is 18.1 Å². The predicted molar refractivity (Wildman–Crippen MR) is 119 cm³/mol.